The Morgan fingerprint density at radius 1 is 1.21 bits per heavy atom. The lowest BCUT2D eigenvalue weighted by Crippen LogP contribution is -2.31. The highest BCUT2D eigenvalue weighted by atomic mass is 16.5. The van der Waals surface area contributed by atoms with E-state index in [0.29, 0.717) is 30.1 Å². The molecule has 5 heteroatoms. The van der Waals surface area contributed by atoms with Gasteiger partial charge in [0.05, 0.1) is 5.69 Å². The summed E-state index contributed by atoms with van der Waals surface area (Å²) in [4.78, 5) is 26.0. The summed E-state index contributed by atoms with van der Waals surface area (Å²) in [6.07, 6.45) is 0.885. The molecular formula is C19H20N2O3. The number of benzene rings is 2. The number of hydrogen-bond acceptors (Lipinski definition) is 3. The maximum Gasteiger partial charge on any atom is 0.262 e. The number of fused-ring (bicyclic) bond motifs is 1. The smallest absolute Gasteiger partial charge is 0.262 e. The number of nitrogens with one attached hydrogen (secondary N) is 1. The summed E-state index contributed by atoms with van der Waals surface area (Å²) < 4.78 is 5.40. The zero-order valence-corrected chi connectivity index (χ0v) is 13.6. The molecule has 0 aromatic heterocycles. The Labute approximate surface area is 141 Å². The summed E-state index contributed by atoms with van der Waals surface area (Å²) in [6, 6.07) is 15.1. The Balaban J connectivity index is 1.81. The van der Waals surface area contributed by atoms with E-state index in [1.807, 2.05) is 35.2 Å². The van der Waals surface area contributed by atoms with E-state index in [1.54, 1.807) is 18.2 Å². The van der Waals surface area contributed by atoms with Gasteiger partial charge < -0.3 is 15.0 Å². The van der Waals surface area contributed by atoms with Crippen LogP contribution in [0.4, 0.5) is 5.69 Å². The first-order valence-electron chi connectivity index (χ1n) is 8.07. The predicted molar refractivity (Wildman–Crippen MR) is 92.0 cm³/mol. The average molecular weight is 324 g/mol. The molecule has 1 aliphatic rings. The molecule has 1 aliphatic heterocycles. The van der Waals surface area contributed by atoms with E-state index in [0.717, 1.165) is 12.0 Å². The second kappa shape index (κ2) is 7.17. The highest BCUT2D eigenvalue weighted by molar-refractivity contribution is 5.99. The van der Waals surface area contributed by atoms with Crippen molar-refractivity contribution >= 4 is 17.5 Å². The van der Waals surface area contributed by atoms with Crippen molar-refractivity contribution < 1.29 is 14.3 Å². The van der Waals surface area contributed by atoms with Gasteiger partial charge in [-0.1, -0.05) is 37.3 Å². The molecule has 1 N–H and O–H groups in total. The van der Waals surface area contributed by atoms with Gasteiger partial charge in [0.15, 0.2) is 6.61 Å². The molecule has 24 heavy (non-hydrogen) atoms. The van der Waals surface area contributed by atoms with Gasteiger partial charge >= 0.3 is 0 Å². The minimum absolute atomic E-state index is 0.0205. The SMILES string of the molecule is CCCN(Cc1ccccc1)C(=O)c1ccc2c(c1)OCC(=O)N2. The number of ether oxygens (including phenoxy) is 1. The molecule has 0 unspecified atom stereocenters. The molecule has 2 aromatic carbocycles. The first-order valence-corrected chi connectivity index (χ1v) is 8.07. The molecule has 3 rings (SSSR count). The highest BCUT2D eigenvalue weighted by Crippen LogP contribution is 2.29. The van der Waals surface area contributed by atoms with Crippen molar-refractivity contribution in [1.82, 2.24) is 4.90 Å². The van der Waals surface area contributed by atoms with Crippen LogP contribution in [0.2, 0.25) is 0 Å². The summed E-state index contributed by atoms with van der Waals surface area (Å²) in [5.41, 5.74) is 2.27. The molecule has 0 saturated heterocycles. The second-order valence-corrected chi connectivity index (χ2v) is 5.76. The molecule has 0 spiro atoms. The van der Waals surface area contributed by atoms with E-state index in [2.05, 4.69) is 12.2 Å². The maximum atomic E-state index is 12.9. The number of nitrogens with zero attached hydrogens (tertiary/aromatic N) is 1. The standard InChI is InChI=1S/C19H20N2O3/c1-2-10-21(12-14-6-4-3-5-7-14)19(23)15-8-9-16-17(11-15)24-13-18(22)20-16/h3-9,11H,2,10,12-13H2,1H3,(H,20,22). The van der Waals surface area contributed by atoms with Crippen LogP contribution in [0.25, 0.3) is 0 Å². The summed E-state index contributed by atoms with van der Waals surface area (Å²) in [6.45, 7) is 3.29. The quantitative estimate of drug-likeness (QED) is 0.919. The molecular weight excluding hydrogens is 304 g/mol. The second-order valence-electron chi connectivity index (χ2n) is 5.76. The van der Waals surface area contributed by atoms with E-state index in [9.17, 15) is 9.59 Å². The maximum absolute atomic E-state index is 12.9. The fraction of sp³-hybridized carbons (Fsp3) is 0.263. The number of anilines is 1. The Morgan fingerprint density at radius 2 is 2.00 bits per heavy atom. The van der Waals surface area contributed by atoms with Crippen molar-refractivity contribution in [3.8, 4) is 5.75 Å². The van der Waals surface area contributed by atoms with Gasteiger partial charge in [0, 0.05) is 18.7 Å². The Morgan fingerprint density at radius 3 is 2.75 bits per heavy atom. The predicted octanol–water partition coefficient (Wildman–Crippen LogP) is 3.07. The van der Waals surface area contributed by atoms with Crippen molar-refractivity contribution in [3.63, 3.8) is 0 Å². The molecule has 0 aliphatic carbocycles. The molecule has 2 aromatic rings. The molecule has 124 valence electrons. The fourth-order valence-electron chi connectivity index (χ4n) is 2.72. The summed E-state index contributed by atoms with van der Waals surface area (Å²) in [7, 11) is 0. The third kappa shape index (κ3) is 3.56. The van der Waals surface area contributed by atoms with Crippen LogP contribution in [0.3, 0.4) is 0 Å². The number of carbonyl (C=O) groups is 2. The van der Waals surface area contributed by atoms with E-state index < -0.39 is 0 Å². The number of rotatable bonds is 5. The van der Waals surface area contributed by atoms with Crippen LogP contribution in [0.1, 0.15) is 29.3 Å². The zero-order valence-electron chi connectivity index (χ0n) is 13.6. The summed E-state index contributed by atoms with van der Waals surface area (Å²) in [5, 5.41) is 2.73. The number of hydrogen-bond donors (Lipinski definition) is 1. The molecule has 0 bridgehead atoms. The van der Waals surface area contributed by atoms with E-state index in [1.165, 1.54) is 0 Å². The van der Waals surface area contributed by atoms with Gasteiger partial charge in [0.2, 0.25) is 0 Å². The lowest BCUT2D eigenvalue weighted by molar-refractivity contribution is -0.118. The van der Waals surface area contributed by atoms with Gasteiger partial charge in [-0.15, -0.1) is 0 Å². The van der Waals surface area contributed by atoms with Gasteiger partial charge in [-0.25, -0.2) is 0 Å². The topological polar surface area (TPSA) is 58.6 Å². The van der Waals surface area contributed by atoms with Gasteiger partial charge in [-0.3, -0.25) is 9.59 Å². The van der Waals surface area contributed by atoms with E-state index in [-0.39, 0.29) is 18.4 Å². The van der Waals surface area contributed by atoms with Crippen molar-refractivity contribution in [3.05, 3.63) is 59.7 Å². The van der Waals surface area contributed by atoms with Gasteiger partial charge in [-0.2, -0.15) is 0 Å². The van der Waals surface area contributed by atoms with Crippen LogP contribution < -0.4 is 10.1 Å². The van der Waals surface area contributed by atoms with E-state index in [4.69, 9.17) is 4.74 Å². The normalized spacial score (nSPS) is 12.8. The molecule has 0 saturated carbocycles. The van der Waals surface area contributed by atoms with Crippen LogP contribution >= 0.6 is 0 Å². The Kier molecular flexibility index (Phi) is 4.79. The van der Waals surface area contributed by atoms with Gasteiger partial charge in [0.1, 0.15) is 5.75 Å². The average Bonchev–Trinajstić information content (AvgIpc) is 2.61. The molecule has 0 radical (unpaired) electrons. The lowest BCUT2D eigenvalue weighted by Gasteiger charge is -2.24. The third-order valence-electron chi connectivity index (χ3n) is 3.86. The number of amides is 2. The molecule has 2 amide bonds. The summed E-state index contributed by atoms with van der Waals surface area (Å²) in [5.74, 6) is 0.318. The Bertz CT molecular complexity index is 744. The lowest BCUT2D eigenvalue weighted by atomic mass is 10.1. The van der Waals surface area contributed by atoms with Crippen LogP contribution in [-0.2, 0) is 11.3 Å². The first kappa shape index (κ1) is 16.1. The first-order chi connectivity index (χ1) is 11.7. The van der Waals surface area contributed by atoms with Crippen LogP contribution in [0.15, 0.2) is 48.5 Å². The number of carbonyl (C=O) groups excluding carboxylic acids is 2. The minimum atomic E-state index is -0.182. The molecule has 0 atom stereocenters. The Hall–Kier alpha value is -2.82. The van der Waals surface area contributed by atoms with Gasteiger partial charge in [0.25, 0.3) is 11.8 Å². The molecule has 1 heterocycles. The third-order valence-corrected chi connectivity index (χ3v) is 3.86. The van der Waals surface area contributed by atoms with Crippen LogP contribution in [-0.4, -0.2) is 29.9 Å². The van der Waals surface area contributed by atoms with Crippen molar-refractivity contribution in [2.75, 3.05) is 18.5 Å². The monoisotopic (exact) mass is 324 g/mol. The fourth-order valence-corrected chi connectivity index (χ4v) is 2.72. The van der Waals surface area contributed by atoms with Crippen LogP contribution in [0, 0.1) is 0 Å². The molecule has 5 nitrogen and oxygen atoms in total. The minimum Gasteiger partial charge on any atom is -0.482 e. The summed E-state index contributed by atoms with van der Waals surface area (Å²) >= 11 is 0. The van der Waals surface area contributed by atoms with Crippen molar-refractivity contribution in [2.24, 2.45) is 0 Å². The zero-order chi connectivity index (χ0) is 16.9. The molecule has 0 fully saturated rings. The van der Waals surface area contributed by atoms with Crippen molar-refractivity contribution in [1.29, 1.82) is 0 Å². The highest BCUT2D eigenvalue weighted by Gasteiger charge is 2.20. The largest absolute Gasteiger partial charge is 0.482 e. The van der Waals surface area contributed by atoms with E-state index >= 15 is 0 Å². The van der Waals surface area contributed by atoms with Crippen molar-refractivity contribution in [2.45, 2.75) is 19.9 Å². The van der Waals surface area contributed by atoms with Crippen LogP contribution in [0.5, 0.6) is 5.75 Å². The van der Waals surface area contributed by atoms with Gasteiger partial charge in [-0.05, 0) is 30.2 Å².